The topological polar surface area (TPSA) is 105 Å². The molecule has 0 aliphatic heterocycles. The minimum Gasteiger partial charge on any atom is -0.482 e. The number of rotatable bonds is 6. The Bertz CT molecular complexity index is 531. The molecule has 0 aromatic heterocycles. The van der Waals surface area contributed by atoms with Gasteiger partial charge in [0.1, 0.15) is 12.3 Å². The molecule has 0 saturated heterocycles. The third-order valence-corrected chi connectivity index (χ3v) is 2.39. The van der Waals surface area contributed by atoms with Crippen LogP contribution >= 0.6 is 0 Å². The largest absolute Gasteiger partial charge is 0.482 e. The van der Waals surface area contributed by atoms with Crippen LogP contribution in [-0.2, 0) is 14.3 Å². The molecule has 0 bridgehead atoms. The molecule has 0 aliphatic rings. The lowest BCUT2D eigenvalue weighted by molar-refractivity contribution is -0.141. The number of carbonyl (C=O) groups excluding carboxylic acids is 2. The van der Waals surface area contributed by atoms with Gasteiger partial charge in [-0.05, 0) is 12.1 Å². The Balaban J connectivity index is 2.61. The van der Waals surface area contributed by atoms with Crippen molar-refractivity contribution in [2.24, 2.45) is 0 Å². The number of methoxy groups -OCH3 is 1. The van der Waals surface area contributed by atoms with E-state index in [1.54, 1.807) is 18.2 Å². The van der Waals surface area contributed by atoms with Gasteiger partial charge in [-0.15, -0.1) is 0 Å². The maximum absolute atomic E-state index is 11.8. The molecule has 0 spiro atoms. The van der Waals surface area contributed by atoms with Crippen molar-refractivity contribution >= 4 is 23.7 Å². The Morgan fingerprint density at radius 1 is 1.33 bits per heavy atom. The van der Waals surface area contributed by atoms with Crippen molar-refractivity contribution in [3.63, 3.8) is 0 Å². The third kappa shape index (κ3) is 5.81. The van der Waals surface area contributed by atoms with E-state index < -0.39 is 24.6 Å². The van der Waals surface area contributed by atoms with Gasteiger partial charge in [0.25, 0.3) is 0 Å². The quantitative estimate of drug-likeness (QED) is 0.752. The number of likely N-dealkylation sites (N-methyl/N-ethyl adjacent to an activating group) is 1. The fourth-order valence-corrected chi connectivity index (χ4v) is 1.36. The summed E-state index contributed by atoms with van der Waals surface area (Å²) in [5.41, 5.74) is 0.416. The molecular weight excluding hydrogens is 280 g/mol. The number of aliphatic carboxylic acids is 1. The Morgan fingerprint density at radius 2 is 2.05 bits per heavy atom. The van der Waals surface area contributed by atoms with Gasteiger partial charge in [-0.3, -0.25) is 4.79 Å². The lowest BCUT2D eigenvalue weighted by atomic mass is 10.3. The number of nitrogens with one attached hydrogen (secondary N) is 1. The summed E-state index contributed by atoms with van der Waals surface area (Å²) in [5, 5.41) is 11.1. The number of hydrogen-bond acceptors (Lipinski definition) is 5. The lowest BCUT2D eigenvalue weighted by Gasteiger charge is -2.16. The number of carboxylic acids is 1. The highest BCUT2D eigenvalue weighted by Crippen LogP contribution is 2.17. The molecule has 8 nitrogen and oxygen atoms in total. The molecule has 0 fully saturated rings. The first-order valence-corrected chi connectivity index (χ1v) is 5.96. The van der Waals surface area contributed by atoms with Crippen LogP contribution in [0.25, 0.3) is 0 Å². The van der Waals surface area contributed by atoms with Gasteiger partial charge in [0, 0.05) is 18.8 Å². The van der Waals surface area contributed by atoms with E-state index in [1.807, 2.05) is 0 Å². The van der Waals surface area contributed by atoms with Gasteiger partial charge >= 0.3 is 18.0 Å². The minimum atomic E-state index is -1.10. The van der Waals surface area contributed by atoms with Crippen molar-refractivity contribution in [2.45, 2.75) is 0 Å². The predicted octanol–water partition coefficient (Wildman–Crippen LogP) is 0.787. The van der Waals surface area contributed by atoms with Crippen molar-refractivity contribution in [2.75, 3.05) is 32.6 Å². The van der Waals surface area contributed by atoms with E-state index in [0.29, 0.717) is 11.4 Å². The zero-order chi connectivity index (χ0) is 15.8. The molecule has 114 valence electrons. The van der Waals surface area contributed by atoms with Crippen molar-refractivity contribution < 1.29 is 29.0 Å². The number of ether oxygens (including phenoxy) is 2. The molecule has 0 radical (unpaired) electrons. The molecule has 21 heavy (non-hydrogen) atoms. The Kier molecular flexibility index (Phi) is 5.99. The molecular formula is C13H16N2O6. The molecule has 1 rings (SSSR count). The standard InChI is InChI=1S/C13H16N2O6/c1-15(7-12(18)20-2)13(19)14-9-4-3-5-10(6-9)21-8-11(16)17/h3-6H,7-8H2,1-2H3,(H,14,19)(H,16,17). The predicted molar refractivity (Wildman–Crippen MR) is 73.2 cm³/mol. The molecule has 0 heterocycles. The average molecular weight is 296 g/mol. The highest BCUT2D eigenvalue weighted by Gasteiger charge is 2.13. The van der Waals surface area contributed by atoms with Gasteiger partial charge in [-0.2, -0.15) is 0 Å². The molecule has 1 aromatic rings. The monoisotopic (exact) mass is 296 g/mol. The molecule has 0 aliphatic carbocycles. The summed E-state index contributed by atoms with van der Waals surface area (Å²) in [4.78, 5) is 34.4. The second-order valence-electron chi connectivity index (χ2n) is 4.07. The molecule has 2 N–H and O–H groups in total. The van der Waals surface area contributed by atoms with Crippen molar-refractivity contribution in [1.82, 2.24) is 4.90 Å². The Morgan fingerprint density at radius 3 is 2.67 bits per heavy atom. The lowest BCUT2D eigenvalue weighted by Crippen LogP contribution is -2.35. The van der Waals surface area contributed by atoms with E-state index in [-0.39, 0.29) is 6.54 Å². The van der Waals surface area contributed by atoms with Gasteiger partial charge in [0.05, 0.1) is 7.11 Å². The molecule has 0 atom stereocenters. The average Bonchev–Trinajstić information content (AvgIpc) is 2.45. The summed E-state index contributed by atoms with van der Waals surface area (Å²) < 4.78 is 9.45. The summed E-state index contributed by atoms with van der Waals surface area (Å²) >= 11 is 0. The van der Waals surface area contributed by atoms with Gasteiger partial charge in [0.15, 0.2) is 6.61 Å². The highest BCUT2D eigenvalue weighted by atomic mass is 16.5. The minimum absolute atomic E-state index is 0.183. The van der Waals surface area contributed by atoms with Gasteiger partial charge in [-0.1, -0.05) is 6.07 Å². The van der Waals surface area contributed by atoms with Crippen LogP contribution in [0.3, 0.4) is 0 Å². The van der Waals surface area contributed by atoms with Crippen LogP contribution in [0.15, 0.2) is 24.3 Å². The number of carboxylic acid groups (broad SMARTS) is 1. The fourth-order valence-electron chi connectivity index (χ4n) is 1.36. The van der Waals surface area contributed by atoms with Crippen LogP contribution in [0, 0.1) is 0 Å². The summed E-state index contributed by atoms with van der Waals surface area (Å²) in [6.45, 7) is -0.656. The zero-order valence-electron chi connectivity index (χ0n) is 11.7. The zero-order valence-corrected chi connectivity index (χ0v) is 11.7. The van der Waals surface area contributed by atoms with Crippen molar-refractivity contribution in [3.8, 4) is 5.75 Å². The van der Waals surface area contributed by atoms with Gasteiger partial charge in [-0.25, -0.2) is 9.59 Å². The molecule has 0 saturated carbocycles. The normalized spacial score (nSPS) is 9.62. The van der Waals surface area contributed by atoms with E-state index in [9.17, 15) is 14.4 Å². The van der Waals surface area contributed by atoms with E-state index in [0.717, 1.165) is 4.90 Å². The maximum atomic E-state index is 11.8. The first-order chi connectivity index (χ1) is 9.92. The fraction of sp³-hybridized carbons (Fsp3) is 0.308. The van der Waals surface area contributed by atoms with Crippen LogP contribution in [0.1, 0.15) is 0 Å². The van der Waals surface area contributed by atoms with E-state index in [1.165, 1.54) is 20.2 Å². The van der Waals surface area contributed by atoms with Crippen LogP contribution in [0.5, 0.6) is 5.75 Å². The molecule has 8 heteroatoms. The van der Waals surface area contributed by atoms with Crippen molar-refractivity contribution in [1.29, 1.82) is 0 Å². The second kappa shape index (κ2) is 7.73. The number of carbonyl (C=O) groups is 3. The first kappa shape index (κ1) is 16.3. The summed E-state index contributed by atoms with van der Waals surface area (Å²) in [7, 11) is 2.67. The Hall–Kier alpha value is -2.77. The number of benzene rings is 1. The molecule has 2 amide bonds. The Labute approximate surface area is 121 Å². The van der Waals surface area contributed by atoms with E-state index in [2.05, 4.69) is 10.1 Å². The summed E-state index contributed by atoms with van der Waals surface area (Å²) in [6, 6.07) is 5.75. The molecule has 1 aromatic carbocycles. The maximum Gasteiger partial charge on any atom is 0.341 e. The number of nitrogens with zero attached hydrogens (tertiary/aromatic N) is 1. The van der Waals surface area contributed by atoms with E-state index >= 15 is 0 Å². The summed E-state index contributed by atoms with van der Waals surface area (Å²) in [5.74, 6) is -1.32. The second-order valence-corrected chi connectivity index (χ2v) is 4.07. The number of esters is 1. The van der Waals surface area contributed by atoms with Gasteiger partial charge in [0.2, 0.25) is 0 Å². The van der Waals surface area contributed by atoms with Crippen molar-refractivity contribution in [3.05, 3.63) is 24.3 Å². The van der Waals surface area contributed by atoms with E-state index in [4.69, 9.17) is 9.84 Å². The first-order valence-electron chi connectivity index (χ1n) is 5.96. The smallest absolute Gasteiger partial charge is 0.341 e. The highest BCUT2D eigenvalue weighted by molar-refractivity contribution is 5.91. The summed E-state index contributed by atoms with van der Waals surface area (Å²) in [6.07, 6.45) is 0. The number of amides is 2. The molecule has 0 unspecified atom stereocenters. The SMILES string of the molecule is COC(=O)CN(C)C(=O)Nc1cccc(OCC(=O)O)c1. The van der Waals surface area contributed by atoms with Crippen LogP contribution in [-0.4, -0.2) is 55.3 Å². The van der Waals surface area contributed by atoms with Gasteiger partial charge < -0.3 is 24.8 Å². The number of anilines is 1. The number of urea groups is 1. The van der Waals surface area contributed by atoms with Crippen LogP contribution in [0.2, 0.25) is 0 Å². The third-order valence-electron chi connectivity index (χ3n) is 2.39. The number of hydrogen-bond donors (Lipinski definition) is 2. The van der Waals surface area contributed by atoms with Crippen LogP contribution < -0.4 is 10.1 Å². The van der Waals surface area contributed by atoms with Crippen LogP contribution in [0.4, 0.5) is 10.5 Å².